The summed E-state index contributed by atoms with van der Waals surface area (Å²) in [4.78, 5) is 11.6. The van der Waals surface area contributed by atoms with Crippen LogP contribution >= 0.6 is 0 Å². The highest BCUT2D eigenvalue weighted by Crippen LogP contribution is 2.35. The molecule has 16 heavy (non-hydrogen) atoms. The Morgan fingerprint density at radius 3 is 2.50 bits per heavy atom. The van der Waals surface area contributed by atoms with Crippen molar-refractivity contribution in [2.75, 3.05) is 6.61 Å². The van der Waals surface area contributed by atoms with Gasteiger partial charge >= 0.3 is 0 Å². The van der Waals surface area contributed by atoms with Crippen LogP contribution in [0, 0.1) is 5.82 Å². The smallest absolute Gasteiger partial charge is 0.166 e. The van der Waals surface area contributed by atoms with Gasteiger partial charge in [0.25, 0.3) is 0 Å². The van der Waals surface area contributed by atoms with Crippen molar-refractivity contribution in [2.45, 2.75) is 11.5 Å². The molecular weight excluding hydrogens is 211 g/mol. The minimum Gasteiger partial charge on any atom is -0.393 e. The Kier molecular flexibility index (Phi) is 2.61. The van der Waals surface area contributed by atoms with Crippen LogP contribution in [0.2, 0.25) is 0 Å². The van der Waals surface area contributed by atoms with E-state index in [1.54, 1.807) is 0 Å². The topological polar surface area (TPSA) is 57.5 Å². The Morgan fingerprint density at radius 1 is 1.31 bits per heavy atom. The molecule has 0 aliphatic heterocycles. The van der Waals surface area contributed by atoms with Crippen molar-refractivity contribution >= 4 is 5.78 Å². The molecule has 0 bridgehead atoms. The van der Waals surface area contributed by atoms with Gasteiger partial charge in [0.1, 0.15) is 11.4 Å². The number of aliphatic hydroxyl groups excluding tert-OH is 1. The van der Waals surface area contributed by atoms with Gasteiger partial charge in [0.2, 0.25) is 0 Å². The number of rotatable bonds is 2. The van der Waals surface area contributed by atoms with Gasteiger partial charge in [-0.3, -0.25) is 4.79 Å². The predicted molar refractivity (Wildman–Crippen MR) is 55.3 cm³/mol. The number of allylic oxidation sites excluding steroid dienone is 1. The van der Waals surface area contributed by atoms with Gasteiger partial charge in [0.05, 0.1) is 12.5 Å². The average molecular weight is 222 g/mol. The fourth-order valence-electron chi connectivity index (χ4n) is 1.92. The molecule has 2 atom stereocenters. The third-order valence-electron chi connectivity index (χ3n) is 2.78. The van der Waals surface area contributed by atoms with Crippen LogP contribution in [-0.4, -0.2) is 28.2 Å². The summed E-state index contributed by atoms with van der Waals surface area (Å²) in [6.07, 6.45) is 2.52. The molecule has 0 unspecified atom stereocenters. The molecular formula is C12H11FO3. The molecule has 0 fully saturated rings. The Bertz CT molecular complexity index is 438. The largest absolute Gasteiger partial charge is 0.393 e. The maximum Gasteiger partial charge on any atom is 0.166 e. The van der Waals surface area contributed by atoms with Gasteiger partial charge in [-0.2, -0.15) is 0 Å². The molecule has 0 saturated carbocycles. The summed E-state index contributed by atoms with van der Waals surface area (Å²) < 4.78 is 12.7. The lowest BCUT2D eigenvalue weighted by molar-refractivity contribution is -0.119. The second-order valence-electron chi connectivity index (χ2n) is 3.87. The minimum atomic E-state index is -1.57. The highest BCUT2D eigenvalue weighted by atomic mass is 19.1. The van der Waals surface area contributed by atoms with Crippen molar-refractivity contribution in [2.24, 2.45) is 0 Å². The predicted octanol–water partition coefficient (Wildman–Crippen LogP) is 0.772. The van der Waals surface area contributed by atoms with Crippen LogP contribution in [0.4, 0.5) is 4.39 Å². The van der Waals surface area contributed by atoms with Gasteiger partial charge in [-0.15, -0.1) is 0 Å². The molecule has 4 heteroatoms. The average Bonchev–Trinajstić information content (AvgIpc) is 2.58. The molecule has 1 aliphatic rings. The SMILES string of the molecule is O=C1C=C[C@@](O)(CO)[C@H]1c1ccc(F)cc1. The number of ketones is 1. The van der Waals surface area contributed by atoms with Crippen LogP contribution in [0.5, 0.6) is 0 Å². The zero-order valence-corrected chi connectivity index (χ0v) is 8.43. The first kappa shape index (κ1) is 11.0. The van der Waals surface area contributed by atoms with Gasteiger partial charge in [0, 0.05) is 0 Å². The summed E-state index contributed by atoms with van der Waals surface area (Å²) in [6, 6.07) is 5.31. The second-order valence-corrected chi connectivity index (χ2v) is 3.87. The maximum atomic E-state index is 12.7. The van der Waals surface area contributed by atoms with Gasteiger partial charge in [-0.25, -0.2) is 4.39 Å². The summed E-state index contributed by atoms with van der Waals surface area (Å²) in [5.74, 6) is -1.55. The number of hydrogen-bond donors (Lipinski definition) is 2. The highest BCUT2D eigenvalue weighted by molar-refractivity contribution is 5.99. The van der Waals surface area contributed by atoms with Crippen LogP contribution in [-0.2, 0) is 4.79 Å². The summed E-state index contributed by atoms with van der Waals surface area (Å²) in [5, 5.41) is 19.1. The highest BCUT2D eigenvalue weighted by Gasteiger charge is 2.43. The van der Waals surface area contributed by atoms with E-state index < -0.39 is 23.9 Å². The molecule has 84 valence electrons. The molecule has 2 rings (SSSR count). The standard InChI is InChI=1S/C12H11FO3/c13-9-3-1-8(2-4-9)11-10(15)5-6-12(11,16)7-14/h1-6,11,14,16H,7H2/t11-,12+/m0/s1. The number of benzene rings is 1. The molecule has 0 saturated heterocycles. The van der Waals surface area contributed by atoms with Crippen LogP contribution in [0.1, 0.15) is 11.5 Å². The van der Waals surface area contributed by atoms with E-state index >= 15 is 0 Å². The van der Waals surface area contributed by atoms with Gasteiger partial charge < -0.3 is 10.2 Å². The molecule has 0 heterocycles. The third kappa shape index (κ3) is 1.66. The number of carbonyl (C=O) groups excluding carboxylic acids is 1. The zero-order chi connectivity index (χ0) is 11.8. The molecule has 2 N–H and O–H groups in total. The van der Waals surface area contributed by atoms with Gasteiger partial charge in [-0.05, 0) is 29.8 Å². The van der Waals surface area contributed by atoms with Crippen LogP contribution in [0.25, 0.3) is 0 Å². The van der Waals surface area contributed by atoms with E-state index in [1.807, 2.05) is 0 Å². The van der Waals surface area contributed by atoms with Crippen LogP contribution in [0.15, 0.2) is 36.4 Å². The number of carbonyl (C=O) groups is 1. The van der Waals surface area contributed by atoms with Crippen molar-refractivity contribution in [3.8, 4) is 0 Å². The van der Waals surface area contributed by atoms with E-state index in [0.29, 0.717) is 5.56 Å². The summed E-state index contributed by atoms with van der Waals surface area (Å²) in [6.45, 7) is -0.544. The first-order valence-electron chi connectivity index (χ1n) is 4.88. The van der Waals surface area contributed by atoms with E-state index in [1.165, 1.54) is 36.4 Å². The van der Waals surface area contributed by atoms with Crippen molar-refractivity contribution in [1.82, 2.24) is 0 Å². The Morgan fingerprint density at radius 2 is 1.94 bits per heavy atom. The first-order valence-corrected chi connectivity index (χ1v) is 4.88. The minimum absolute atomic E-state index is 0.289. The van der Waals surface area contributed by atoms with E-state index in [0.717, 1.165) is 0 Å². The van der Waals surface area contributed by atoms with Gasteiger partial charge in [-0.1, -0.05) is 12.1 Å². The van der Waals surface area contributed by atoms with E-state index in [-0.39, 0.29) is 5.78 Å². The van der Waals surface area contributed by atoms with Crippen molar-refractivity contribution in [3.05, 3.63) is 47.8 Å². The molecule has 0 amide bonds. The van der Waals surface area contributed by atoms with E-state index in [2.05, 4.69) is 0 Å². The first-order chi connectivity index (χ1) is 7.57. The summed E-state index contributed by atoms with van der Waals surface area (Å²) in [7, 11) is 0. The van der Waals surface area contributed by atoms with Crippen molar-refractivity contribution < 1.29 is 19.4 Å². The fraction of sp³-hybridized carbons (Fsp3) is 0.250. The molecule has 0 spiro atoms. The van der Waals surface area contributed by atoms with Crippen molar-refractivity contribution in [1.29, 1.82) is 0 Å². The number of aliphatic hydroxyl groups is 2. The quantitative estimate of drug-likeness (QED) is 0.777. The summed E-state index contributed by atoms with van der Waals surface area (Å²) >= 11 is 0. The zero-order valence-electron chi connectivity index (χ0n) is 8.43. The summed E-state index contributed by atoms with van der Waals surface area (Å²) in [5.41, 5.74) is -1.08. The lowest BCUT2D eigenvalue weighted by atomic mass is 9.84. The second kappa shape index (κ2) is 3.81. The molecule has 0 aromatic heterocycles. The Balaban J connectivity index is 2.40. The van der Waals surface area contributed by atoms with E-state index in [4.69, 9.17) is 5.11 Å². The fourth-order valence-corrected chi connectivity index (χ4v) is 1.92. The van der Waals surface area contributed by atoms with Crippen molar-refractivity contribution in [3.63, 3.8) is 0 Å². The molecule has 3 nitrogen and oxygen atoms in total. The van der Waals surface area contributed by atoms with Crippen LogP contribution < -0.4 is 0 Å². The number of hydrogen-bond acceptors (Lipinski definition) is 3. The van der Waals surface area contributed by atoms with Crippen LogP contribution in [0.3, 0.4) is 0 Å². The normalized spacial score (nSPS) is 28.7. The molecule has 1 aromatic rings. The monoisotopic (exact) mass is 222 g/mol. The number of halogens is 1. The third-order valence-corrected chi connectivity index (χ3v) is 2.78. The lowest BCUT2D eigenvalue weighted by Crippen LogP contribution is -2.37. The molecule has 0 radical (unpaired) electrons. The molecule has 1 aromatic carbocycles. The Labute approximate surface area is 91.8 Å². The Hall–Kier alpha value is -1.52. The molecule has 1 aliphatic carbocycles. The maximum absolute atomic E-state index is 12.7. The van der Waals surface area contributed by atoms with Gasteiger partial charge in [0.15, 0.2) is 5.78 Å². The lowest BCUT2D eigenvalue weighted by Gasteiger charge is -2.26. The van der Waals surface area contributed by atoms with E-state index in [9.17, 15) is 14.3 Å².